The number of aryl methyl sites for hydroxylation is 1. The predicted octanol–water partition coefficient (Wildman–Crippen LogP) is 5.57. The molecule has 0 aliphatic heterocycles. The first-order valence-corrected chi connectivity index (χ1v) is 9.53. The Morgan fingerprint density at radius 2 is 1.62 bits per heavy atom. The first kappa shape index (κ1) is 20.7. The van der Waals surface area contributed by atoms with Gasteiger partial charge in [0, 0.05) is 16.4 Å². The van der Waals surface area contributed by atoms with Crippen LogP contribution in [0.25, 0.3) is 0 Å². The molecule has 2 N–H and O–H groups in total. The Labute approximate surface area is 178 Å². The highest BCUT2D eigenvalue weighted by Crippen LogP contribution is 2.22. The summed E-state index contributed by atoms with van der Waals surface area (Å²) < 4.78 is 5.54. The lowest BCUT2D eigenvalue weighted by Gasteiger charge is -2.11. The predicted molar refractivity (Wildman–Crippen MR) is 116 cm³/mol. The van der Waals surface area contributed by atoms with Gasteiger partial charge in [0.25, 0.3) is 11.8 Å². The van der Waals surface area contributed by atoms with Crippen molar-refractivity contribution in [3.8, 4) is 5.75 Å². The van der Waals surface area contributed by atoms with Crippen LogP contribution in [0.15, 0.2) is 66.7 Å². The number of ether oxygens (including phenoxy) is 1. The maximum Gasteiger partial charge on any atom is 0.262 e. The second-order valence-corrected chi connectivity index (χ2v) is 7.11. The standard InChI is InChI=1S/C22H18Cl2N2O3/c1-14-11-15(23)9-10-20(14)29-13-21(27)25-16-5-4-6-17(12-16)26-22(28)18-7-2-3-8-19(18)24/h2-12H,13H2,1H3,(H,25,27)(H,26,28). The molecule has 29 heavy (non-hydrogen) atoms. The SMILES string of the molecule is Cc1cc(Cl)ccc1OCC(=O)Nc1cccc(NC(=O)c2ccccc2Cl)c1. The van der Waals surface area contributed by atoms with Gasteiger partial charge < -0.3 is 15.4 Å². The highest BCUT2D eigenvalue weighted by molar-refractivity contribution is 6.34. The number of carbonyl (C=O) groups is 2. The van der Waals surface area contributed by atoms with Gasteiger partial charge in [0.05, 0.1) is 10.6 Å². The second-order valence-electron chi connectivity index (χ2n) is 6.26. The van der Waals surface area contributed by atoms with Gasteiger partial charge in [-0.25, -0.2) is 0 Å². The molecule has 7 heteroatoms. The first-order chi connectivity index (χ1) is 13.9. The molecule has 148 valence electrons. The Balaban J connectivity index is 1.60. The molecule has 0 aliphatic carbocycles. The zero-order chi connectivity index (χ0) is 20.8. The van der Waals surface area contributed by atoms with Crippen LogP contribution in [0, 0.1) is 6.92 Å². The van der Waals surface area contributed by atoms with E-state index in [1.54, 1.807) is 66.7 Å². The number of hydrogen-bond donors (Lipinski definition) is 2. The van der Waals surface area contributed by atoms with Crippen LogP contribution in [0.4, 0.5) is 11.4 Å². The average molecular weight is 429 g/mol. The average Bonchev–Trinajstić information content (AvgIpc) is 2.68. The fourth-order valence-corrected chi connectivity index (χ4v) is 3.08. The monoisotopic (exact) mass is 428 g/mol. The molecule has 3 aromatic rings. The Hall–Kier alpha value is -3.02. The van der Waals surface area contributed by atoms with Crippen molar-refractivity contribution in [3.63, 3.8) is 0 Å². The minimum atomic E-state index is -0.333. The molecule has 0 atom stereocenters. The van der Waals surface area contributed by atoms with E-state index in [4.69, 9.17) is 27.9 Å². The lowest BCUT2D eigenvalue weighted by Crippen LogP contribution is -2.20. The minimum Gasteiger partial charge on any atom is -0.483 e. The molecule has 3 rings (SSSR count). The second kappa shape index (κ2) is 9.45. The fourth-order valence-electron chi connectivity index (χ4n) is 2.63. The molecule has 0 aromatic heterocycles. The normalized spacial score (nSPS) is 10.3. The third kappa shape index (κ3) is 5.73. The minimum absolute atomic E-state index is 0.154. The fraction of sp³-hybridized carbons (Fsp3) is 0.0909. The quantitative estimate of drug-likeness (QED) is 0.538. The highest BCUT2D eigenvalue weighted by atomic mass is 35.5. The number of benzene rings is 3. The van der Waals surface area contributed by atoms with Crippen LogP contribution in [0.3, 0.4) is 0 Å². The van der Waals surface area contributed by atoms with Crippen molar-refractivity contribution in [3.05, 3.63) is 87.9 Å². The summed E-state index contributed by atoms with van der Waals surface area (Å²) in [5.74, 6) is -0.0696. The van der Waals surface area contributed by atoms with E-state index in [-0.39, 0.29) is 18.4 Å². The summed E-state index contributed by atoms with van der Waals surface area (Å²) in [6, 6.07) is 18.8. The van der Waals surface area contributed by atoms with Crippen molar-refractivity contribution in [2.75, 3.05) is 17.2 Å². The molecule has 0 fully saturated rings. The lowest BCUT2D eigenvalue weighted by molar-refractivity contribution is -0.118. The van der Waals surface area contributed by atoms with Gasteiger partial charge in [0.2, 0.25) is 0 Å². The maximum absolute atomic E-state index is 12.4. The number of nitrogens with one attached hydrogen (secondary N) is 2. The van der Waals surface area contributed by atoms with Gasteiger partial charge in [-0.2, -0.15) is 0 Å². The third-order valence-electron chi connectivity index (χ3n) is 4.02. The van der Waals surface area contributed by atoms with E-state index in [9.17, 15) is 9.59 Å². The van der Waals surface area contributed by atoms with Gasteiger partial charge in [-0.1, -0.05) is 41.4 Å². The van der Waals surface area contributed by atoms with Crippen molar-refractivity contribution in [2.45, 2.75) is 6.92 Å². The zero-order valence-corrected chi connectivity index (χ0v) is 17.1. The molecule has 0 saturated carbocycles. The van der Waals surface area contributed by atoms with Crippen molar-refractivity contribution in [1.82, 2.24) is 0 Å². The van der Waals surface area contributed by atoms with Crippen LogP contribution in [0.5, 0.6) is 5.75 Å². The summed E-state index contributed by atoms with van der Waals surface area (Å²) in [7, 11) is 0. The van der Waals surface area contributed by atoms with E-state index in [1.807, 2.05) is 6.92 Å². The summed E-state index contributed by atoms with van der Waals surface area (Å²) in [6.07, 6.45) is 0. The van der Waals surface area contributed by atoms with Crippen LogP contribution in [0.1, 0.15) is 15.9 Å². The van der Waals surface area contributed by atoms with Crippen LogP contribution in [-0.2, 0) is 4.79 Å². The Kier molecular flexibility index (Phi) is 6.75. The summed E-state index contributed by atoms with van der Waals surface area (Å²) in [5, 5.41) is 6.48. The van der Waals surface area contributed by atoms with Gasteiger partial charge >= 0.3 is 0 Å². The number of anilines is 2. The molecule has 0 radical (unpaired) electrons. The molecule has 2 amide bonds. The number of hydrogen-bond acceptors (Lipinski definition) is 3. The largest absolute Gasteiger partial charge is 0.483 e. The molecule has 0 bridgehead atoms. The Morgan fingerprint density at radius 1 is 0.897 bits per heavy atom. The molecule has 0 heterocycles. The Morgan fingerprint density at radius 3 is 2.34 bits per heavy atom. The summed E-state index contributed by atoms with van der Waals surface area (Å²) in [6.45, 7) is 1.70. The van der Waals surface area contributed by atoms with Gasteiger partial charge in [-0.05, 0) is 61.0 Å². The van der Waals surface area contributed by atoms with Crippen molar-refractivity contribution < 1.29 is 14.3 Å². The zero-order valence-electron chi connectivity index (χ0n) is 15.5. The summed E-state index contributed by atoms with van der Waals surface area (Å²) in [4.78, 5) is 24.6. The number of rotatable bonds is 6. The first-order valence-electron chi connectivity index (χ1n) is 8.77. The van der Waals surface area contributed by atoms with E-state index >= 15 is 0 Å². The van der Waals surface area contributed by atoms with Gasteiger partial charge in [-0.3, -0.25) is 9.59 Å². The smallest absolute Gasteiger partial charge is 0.262 e. The molecule has 3 aromatic carbocycles. The van der Waals surface area contributed by atoms with Gasteiger partial charge in [0.1, 0.15) is 5.75 Å². The number of carbonyl (C=O) groups excluding carboxylic acids is 2. The number of halogens is 2. The Bertz CT molecular complexity index is 1050. The molecule has 0 unspecified atom stereocenters. The molecule has 0 aliphatic rings. The topological polar surface area (TPSA) is 67.4 Å². The molecular weight excluding hydrogens is 411 g/mol. The van der Waals surface area contributed by atoms with Crippen LogP contribution >= 0.6 is 23.2 Å². The van der Waals surface area contributed by atoms with Gasteiger partial charge in [0.15, 0.2) is 6.61 Å². The third-order valence-corrected chi connectivity index (χ3v) is 4.58. The molecule has 0 spiro atoms. The molecule has 0 saturated heterocycles. The van der Waals surface area contributed by atoms with Crippen molar-refractivity contribution in [1.29, 1.82) is 0 Å². The molecular formula is C22H18Cl2N2O3. The van der Waals surface area contributed by atoms with E-state index in [0.717, 1.165) is 5.56 Å². The highest BCUT2D eigenvalue weighted by Gasteiger charge is 2.11. The van der Waals surface area contributed by atoms with E-state index in [0.29, 0.717) is 32.7 Å². The van der Waals surface area contributed by atoms with Crippen LogP contribution in [0.2, 0.25) is 10.0 Å². The van der Waals surface area contributed by atoms with Crippen molar-refractivity contribution >= 4 is 46.4 Å². The number of amides is 2. The summed E-state index contributed by atoms with van der Waals surface area (Å²) in [5.41, 5.74) is 2.27. The van der Waals surface area contributed by atoms with Crippen LogP contribution in [-0.4, -0.2) is 18.4 Å². The van der Waals surface area contributed by atoms with E-state index < -0.39 is 0 Å². The van der Waals surface area contributed by atoms with E-state index in [1.165, 1.54) is 0 Å². The lowest BCUT2D eigenvalue weighted by atomic mass is 10.2. The summed E-state index contributed by atoms with van der Waals surface area (Å²) >= 11 is 12.0. The molecule has 5 nitrogen and oxygen atoms in total. The van der Waals surface area contributed by atoms with Gasteiger partial charge in [-0.15, -0.1) is 0 Å². The van der Waals surface area contributed by atoms with E-state index in [2.05, 4.69) is 10.6 Å². The van der Waals surface area contributed by atoms with Crippen LogP contribution < -0.4 is 15.4 Å². The van der Waals surface area contributed by atoms with Crippen molar-refractivity contribution in [2.24, 2.45) is 0 Å². The maximum atomic E-state index is 12.4.